The van der Waals surface area contributed by atoms with Gasteiger partial charge in [-0.1, -0.05) is 59.6 Å². The van der Waals surface area contributed by atoms with Gasteiger partial charge in [0.15, 0.2) is 0 Å². The fraction of sp³-hybridized carbons (Fsp3) is 0.931. The van der Waals surface area contributed by atoms with E-state index >= 15 is 4.39 Å². The SMILES string of the molecule is CC[C@H](CC(F)[C@@H](C)C1CCC2C3CC=C4CC(O)CCC4(C)C3CCC21C)C(C)C. The first kappa shape index (κ1) is 23.8. The van der Waals surface area contributed by atoms with Crippen LogP contribution < -0.4 is 0 Å². The van der Waals surface area contributed by atoms with Crippen LogP contribution in [-0.4, -0.2) is 17.4 Å². The van der Waals surface area contributed by atoms with Gasteiger partial charge in [-0.3, -0.25) is 0 Å². The lowest BCUT2D eigenvalue weighted by Gasteiger charge is -2.58. The van der Waals surface area contributed by atoms with Crippen LogP contribution in [0.15, 0.2) is 11.6 Å². The summed E-state index contributed by atoms with van der Waals surface area (Å²) in [5, 5.41) is 10.2. The zero-order chi connectivity index (χ0) is 22.6. The summed E-state index contributed by atoms with van der Waals surface area (Å²) in [5.74, 6) is 4.15. The summed E-state index contributed by atoms with van der Waals surface area (Å²) >= 11 is 0. The van der Waals surface area contributed by atoms with E-state index in [0.717, 1.165) is 49.9 Å². The first-order valence-corrected chi connectivity index (χ1v) is 13.6. The minimum absolute atomic E-state index is 0.124. The molecule has 4 aliphatic rings. The second-order valence-electron chi connectivity index (χ2n) is 12.9. The van der Waals surface area contributed by atoms with Crippen LogP contribution in [0.1, 0.15) is 106 Å². The summed E-state index contributed by atoms with van der Waals surface area (Å²) in [5.41, 5.74) is 2.18. The summed E-state index contributed by atoms with van der Waals surface area (Å²) in [6.07, 6.45) is 13.0. The Morgan fingerprint density at radius 3 is 2.48 bits per heavy atom. The minimum Gasteiger partial charge on any atom is -0.393 e. The Balaban J connectivity index is 1.50. The molecule has 0 aliphatic heterocycles. The summed E-state index contributed by atoms with van der Waals surface area (Å²) in [7, 11) is 0. The van der Waals surface area contributed by atoms with E-state index in [9.17, 15) is 5.11 Å². The van der Waals surface area contributed by atoms with E-state index in [1.807, 2.05) is 0 Å². The van der Waals surface area contributed by atoms with Crippen LogP contribution in [0.2, 0.25) is 0 Å². The smallest absolute Gasteiger partial charge is 0.103 e. The predicted molar refractivity (Wildman–Crippen MR) is 128 cm³/mol. The number of rotatable bonds is 6. The lowest BCUT2D eigenvalue weighted by Crippen LogP contribution is -2.51. The third-order valence-electron chi connectivity index (χ3n) is 11.4. The van der Waals surface area contributed by atoms with Crippen molar-refractivity contribution in [2.75, 3.05) is 0 Å². The molecule has 0 radical (unpaired) electrons. The molecule has 0 heterocycles. The molecule has 0 saturated heterocycles. The molecule has 4 aliphatic carbocycles. The molecule has 0 aromatic heterocycles. The number of alkyl halides is 1. The van der Waals surface area contributed by atoms with Crippen molar-refractivity contribution in [2.45, 2.75) is 118 Å². The molecule has 4 rings (SSSR count). The van der Waals surface area contributed by atoms with Crippen molar-refractivity contribution < 1.29 is 9.50 Å². The van der Waals surface area contributed by atoms with Crippen molar-refractivity contribution in [1.29, 1.82) is 0 Å². The average Bonchev–Trinajstić information content (AvgIpc) is 3.08. The Kier molecular flexibility index (Phi) is 6.73. The second kappa shape index (κ2) is 8.77. The molecule has 1 N–H and O–H groups in total. The highest BCUT2D eigenvalue weighted by Crippen LogP contribution is 2.67. The molecule has 2 heteroatoms. The van der Waals surface area contributed by atoms with Crippen molar-refractivity contribution in [1.82, 2.24) is 0 Å². The van der Waals surface area contributed by atoms with Gasteiger partial charge >= 0.3 is 0 Å². The Bertz CT molecular complexity index is 670. The van der Waals surface area contributed by atoms with Gasteiger partial charge in [0, 0.05) is 0 Å². The molecule has 10 atom stereocenters. The maximum absolute atomic E-state index is 15.6. The topological polar surface area (TPSA) is 20.2 Å². The zero-order valence-corrected chi connectivity index (χ0v) is 21.2. The first-order valence-electron chi connectivity index (χ1n) is 13.6. The number of halogens is 1. The maximum Gasteiger partial charge on any atom is 0.103 e. The van der Waals surface area contributed by atoms with Crippen molar-refractivity contribution >= 4 is 0 Å². The third-order valence-corrected chi connectivity index (χ3v) is 11.4. The number of hydrogen-bond donors (Lipinski definition) is 1. The predicted octanol–water partition coefficient (Wildman–Crippen LogP) is 7.97. The van der Waals surface area contributed by atoms with Crippen LogP contribution in [0.3, 0.4) is 0 Å². The van der Waals surface area contributed by atoms with Crippen molar-refractivity contribution in [2.24, 2.45) is 52.3 Å². The molecule has 0 bridgehead atoms. The largest absolute Gasteiger partial charge is 0.393 e. The Hall–Kier alpha value is -0.370. The summed E-state index contributed by atoms with van der Waals surface area (Å²) in [4.78, 5) is 0. The lowest BCUT2D eigenvalue weighted by molar-refractivity contribution is -0.0632. The van der Waals surface area contributed by atoms with Crippen LogP contribution in [0, 0.1) is 52.3 Å². The first-order chi connectivity index (χ1) is 14.6. The molecule has 8 unspecified atom stereocenters. The van der Waals surface area contributed by atoms with Gasteiger partial charge in [0.25, 0.3) is 0 Å². The lowest BCUT2D eigenvalue weighted by atomic mass is 9.47. The van der Waals surface area contributed by atoms with E-state index in [4.69, 9.17) is 0 Å². The standard InChI is InChI=1S/C29H49FO/c1-7-20(18(2)3)16-27(30)19(4)24-10-11-25-23-9-8-21-17-22(31)12-14-28(21,5)26(23)13-15-29(24,25)6/h8,18-20,22-27,31H,7,9-17H2,1-6H3/t19-,20+,22?,23?,24?,25?,26?,27?,28?,29?/m0/s1. The van der Waals surface area contributed by atoms with Crippen LogP contribution in [0.4, 0.5) is 4.39 Å². The fourth-order valence-corrected chi connectivity index (χ4v) is 9.21. The Labute approximate surface area is 191 Å². The van der Waals surface area contributed by atoms with E-state index in [1.165, 1.54) is 32.1 Å². The average molecular weight is 433 g/mol. The molecule has 1 nitrogen and oxygen atoms in total. The molecule has 31 heavy (non-hydrogen) atoms. The third kappa shape index (κ3) is 3.95. The van der Waals surface area contributed by atoms with Crippen LogP contribution >= 0.6 is 0 Å². The highest BCUT2D eigenvalue weighted by Gasteiger charge is 2.59. The van der Waals surface area contributed by atoms with Gasteiger partial charge in [0.2, 0.25) is 0 Å². The summed E-state index contributed by atoms with van der Waals surface area (Å²) in [6, 6.07) is 0. The molecule has 3 saturated carbocycles. The van der Waals surface area contributed by atoms with Crippen molar-refractivity contribution in [3.8, 4) is 0 Å². The van der Waals surface area contributed by atoms with Gasteiger partial charge in [-0.05, 0) is 110 Å². The summed E-state index contributed by atoms with van der Waals surface area (Å²) in [6.45, 7) is 14.0. The fourth-order valence-electron chi connectivity index (χ4n) is 9.21. The van der Waals surface area contributed by atoms with Crippen molar-refractivity contribution in [3.05, 3.63) is 11.6 Å². The molecule has 0 aromatic carbocycles. The van der Waals surface area contributed by atoms with E-state index in [-0.39, 0.29) is 12.0 Å². The molecular formula is C29H49FO. The molecule has 178 valence electrons. The maximum atomic E-state index is 15.6. The van der Waals surface area contributed by atoms with E-state index in [0.29, 0.717) is 28.6 Å². The van der Waals surface area contributed by atoms with Gasteiger partial charge in [0.05, 0.1) is 6.10 Å². The molecule has 3 fully saturated rings. The number of aliphatic hydroxyl groups excluding tert-OH is 1. The summed E-state index contributed by atoms with van der Waals surface area (Å²) < 4.78 is 15.6. The monoisotopic (exact) mass is 432 g/mol. The van der Waals surface area contributed by atoms with Crippen LogP contribution in [0.25, 0.3) is 0 Å². The minimum atomic E-state index is -0.652. The molecule has 0 amide bonds. The van der Waals surface area contributed by atoms with Gasteiger partial charge in [0.1, 0.15) is 6.17 Å². The van der Waals surface area contributed by atoms with E-state index in [1.54, 1.807) is 5.57 Å². The van der Waals surface area contributed by atoms with Gasteiger partial charge in [-0.15, -0.1) is 0 Å². The van der Waals surface area contributed by atoms with Gasteiger partial charge in [-0.2, -0.15) is 0 Å². The Morgan fingerprint density at radius 2 is 1.81 bits per heavy atom. The zero-order valence-electron chi connectivity index (χ0n) is 21.2. The van der Waals surface area contributed by atoms with E-state index in [2.05, 4.69) is 47.6 Å². The number of hydrogen-bond acceptors (Lipinski definition) is 1. The molecular weight excluding hydrogens is 383 g/mol. The Morgan fingerprint density at radius 1 is 1.06 bits per heavy atom. The quantitative estimate of drug-likeness (QED) is 0.422. The van der Waals surface area contributed by atoms with E-state index < -0.39 is 6.17 Å². The van der Waals surface area contributed by atoms with Crippen LogP contribution in [0.5, 0.6) is 0 Å². The normalized spacial score (nSPS) is 45.3. The highest BCUT2D eigenvalue weighted by atomic mass is 19.1. The van der Waals surface area contributed by atoms with Crippen LogP contribution in [-0.2, 0) is 0 Å². The number of allylic oxidation sites excluding steroid dienone is 1. The van der Waals surface area contributed by atoms with Gasteiger partial charge < -0.3 is 5.11 Å². The highest BCUT2D eigenvalue weighted by molar-refractivity contribution is 5.25. The van der Waals surface area contributed by atoms with Crippen molar-refractivity contribution in [3.63, 3.8) is 0 Å². The molecule has 0 spiro atoms. The number of fused-ring (bicyclic) bond motifs is 5. The number of aliphatic hydroxyl groups is 1. The second-order valence-corrected chi connectivity index (χ2v) is 12.9. The molecule has 0 aromatic rings. The van der Waals surface area contributed by atoms with Gasteiger partial charge in [-0.25, -0.2) is 4.39 Å².